The third-order valence-corrected chi connectivity index (χ3v) is 4.61. The summed E-state index contributed by atoms with van der Waals surface area (Å²) in [4.78, 5) is 15.8. The Balaban J connectivity index is 1.37. The van der Waals surface area contributed by atoms with E-state index in [4.69, 9.17) is 0 Å². The van der Waals surface area contributed by atoms with Crippen molar-refractivity contribution in [3.05, 3.63) is 30.1 Å². The van der Waals surface area contributed by atoms with Crippen molar-refractivity contribution in [1.82, 2.24) is 15.6 Å². The van der Waals surface area contributed by atoms with Gasteiger partial charge < -0.3 is 10.6 Å². The summed E-state index contributed by atoms with van der Waals surface area (Å²) in [6.45, 7) is 0.565. The molecule has 0 spiro atoms. The van der Waals surface area contributed by atoms with Crippen LogP contribution in [0, 0.1) is 11.8 Å². The fourth-order valence-electron chi connectivity index (χ4n) is 3.37. The third kappa shape index (κ3) is 3.50. The predicted molar refractivity (Wildman–Crippen MR) is 78.1 cm³/mol. The Morgan fingerprint density at radius 3 is 2.70 bits per heavy atom. The summed E-state index contributed by atoms with van der Waals surface area (Å²) < 4.78 is 0. The summed E-state index contributed by atoms with van der Waals surface area (Å²) >= 11 is 0. The van der Waals surface area contributed by atoms with Crippen LogP contribution in [0.5, 0.6) is 0 Å². The first kappa shape index (κ1) is 13.4. The van der Waals surface area contributed by atoms with Crippen LogP contribution >= 0.6 is 0 Å². The van der Waals surface area contributed by atoms with Crippen molar-refractivity contribution in [2.75, 3.05) is 0 Å². The van der Waals surface area contributed by atoms with Crippen LogP contribution in [0.15, 0.2) is 24.5 Å². The van der Waals surface area contributed by atoms with Crippen molar-refractivity contribution < 1.29 is 4.79 Å². The molecule has 2 N–H and O–H groups in total. The second kappa shape index (κ2) is 6.25. The van der Waals surface area contributed by atoms with Crippen molar-refractivity contribution in [2.45, 2.75) is 51.1 Å². The van der Waals surface area contributed by atoms with Crippen molar-refractivity contribution in [2.24, 2.45) is 11.8 Å². The van der Waals surface area contributed by atoms with Crippen molar-refractivity contribution >= 4 is 6.03 Å². The number of nitrogens with zero attached hydrogens (tertiary/aromatic N) is 1. The van der Waals surface area contributed by atoms with Gasteiger partial charge in [0, 0.05) is 25.0 Å². The topological polar surface area (TPSA) is 54.0 Å². The zero-order valence-electron chi connectivity index (χ0n) is 11.8. The van der Waals surface area contributed by atoms with Crippen LogP contribution in [0.3, 0.4) is 0 Å². The molecule has 2 aliphatic rings. The number of rotatable bonds is 4. The zero-order valence-corrected chi connectivity index (χ0v) is 11.8. The molecule has 0 bridgehead atoms. The lowest BCUT2D eigenvalue weighted by atomic mass is 9.85. The molecule has 2 saturated carbocycles. The van der Waals surface area contributed by atoms with Gasteiger partial charge in [-0.25, -0.2) is 4.79 Å². The van der Waals surface area contributed by atoms with Crippen molar-refractivity contribution in [1.29, 1.82) is 0 Å². The van der Waals surface area contributed by atoms with E-state index in [0.717, 1.165) is 17.4 Å². The Bertz CT molecular complexity index is 442. The molecular formula is C16H23N3O. The van der Waals surface area contributed by atoms with E-state index in [9.17, 15) is 4.79 Å². The van der Waals surface area contributed by atoms with Crippen LogP contribution in [0.2, 0.25) is 0 Å². The molecule has 108 valence electrons. The van der Waals surface area contributed by atoms with Gasteiger partial charge >= 0.3 is 6.03 Å². The molecule has 2 fully saturated rings. The fraction of sp³-hybridized carbons (Fsp3) is 0.625. The highest BCUT2D eigenvalue weighted by molar-refractivity contribution is 5.74. The molecule has 3 rings (SSSR count). The number of urea groups is 1. The van der Waals surface area contributed by atoms with E-state index in [1.807, 2.05) is 12.1 Å². The Kier molecular flexibility index (Phi) is 4.19. The smallest absolute Gasteiger partial charge is 0.315 e. The second-order valence-corrected chi connectivity index (χ2v) is 6.09. The number of carbonyl (C=O) groups excluding carboxylic acids is 1. The van der Waals surface area contributed by atoms with Crippen molar-refractivity contribution in [3.63, 3.8) is 0 Å². The lowest BCUT2D eigenvalue weighted by Gasteiger charge is -2.21. The Hall–Kier alpha value is -1.58. The minimum atomic E-state index is -0.0369. The van der Waals surface area contributed by atoms with Gasteiger partial charge in [-0.1, -0.05) is 32.1 Å². The molecule has 2 aliphatic carbocycles. The average molecular weight is 273 g/mol. The van der Waals surface area contributed by atoms with Gasteiger partial charge in [0.2, 0.25) is 0 Å². The monoisotopic (exact) mass is 273 g/mol. The van der Waals surface area contributed by atoms with Crippen molar-refractivity contribution in [3.8, 4) is 0 Å². The second-order valence-electron chi connectivity index (χ2n) is 6.09. The minimum Gasteiger partial charge on any atom is -0.335 e. The maximum absolute atomic E-state index is 11.9. The number of hydrogen-bond acceptors (Lipinski definition) is 2. The highest BCUT2D eigenvalue weighted by Gasteiger charge is 2.43. The van der Waals surface area contributed by atoms with E-state index in [1.165, 1.54) is 38.5 Å². The molecule has 0 saturated heterocycles. The normalized spacial score (nSPS) is 26.0. The maximum atomic E-state index is 11.9. The van der Waals surface area contributed by atoms with E-state index >= 15 is 0 Å². The van der Waals surface area contributed by atoms with Crippen LogP contribution in [0.1, 0.15) is 44.1 Å². The van der Waals surface area contributed by atoms with Crippen LogP contribution in [-0.4, -0.2) is 17.1 Å². The lowest BCUT2D eigenvalue weighted by molar-refractivity contribution is 0.238. The van der Waals surface area contributed by atoms with Gasteiger partial charge in [0.15, 0.2) is 0 Å². The molecule has 1 aromatic heterocycles. The molecule has 0 unspecified atom stereocenters. The SMILES string of the molecule is O=C(NCc1ccncc1)N[C@H]1C[C@H]1C1CCCCC1. The first-order chi connectivity index (χ1) is 9.83. The molecule has 0 aliphatic heterocycles. The molecule has 2 amide bonds. The third-order valence-electron chi connectivity index (χ3n) is 4.61. The van der Waals surface area contributed by atoms with E-state index < -0.39 is 0 Å². The van der Waals surface area contributed by atoms with Gasteiger partial charge in [0.25, 0.3) is 0 Å². The number of nitrogens with one attached hydrogen (secondary N) is 2. The Morgan fingerprint density at radius 2 is 1.95 bits per heavy atom. The van der Waals surface area contributed by atoms with Gasteiger partial charge in [0.05, 0.1) is 0 Å². The Morgan fingerprint density at radius 1 is 1.20 bits per heavy atom. The minimum absolute atomic E-state index is 0.0369. The fourth-order valence-corrected chi connectivity index (χ4v) is 3.37. The number of pyridine rings is 1. The predicted octanol–water partition coefficient (Wildman–Crippen LogP) is 2.85. The molecule has 2 atom stereocenters. The van der Waals surface area contributed by atoms with Gasteiger partial charge in [-0.2, -0.15) is 0 Å². The summed E-state index contributed by atoms with van der Waals surface area (Å²) in [5, 5.41) is 6.02. The molecular weight excluding hydrogens is 250 g/mol. The molecule has 4 heteroatoms. The van der Waals surface area contributed by atoms with Crippen LogP contribution in [-0.2, 0) is 6.54 Å². The van der Waals surface area contributed by atoms with E-state index in [-0.39, 0.29) is 6.03 Å². The molecule has 20 heavy (non-hydrogen) atoms. The quantitative estimate of drug-likeness (QED) is 0.886. The average Bonchev–Trinajstić information content (AvgIpc) is 3.26. The summed E-state index contributed by atoms with van der Waals surface area (Å²) in [7, 11) is 0. The summed E-state index contributed by atoms with van der Waals surface area (Å²) in [5.74, 6) is 1.59. The zero-order chi connectivity index (χ0) is 13.8. The lowest BCUT2D eigenvalue weighted by Crippen LogP contribution is -2.37. The van der Waals surface area contributed by atoms with Gasteiger partial charge in [0.1, 0.15) is 0 Å². The number of carbonyl (C=O) groups is 1. The van der Waals surface area contributed by atoms with Crippen LogP contribution < -0.4 is 10.6 Å². The molecule has 1 heterocycles. The highest BCUT2D eigenvalue weighted by atomic mass is 16.2. The molecule has 4 nitrogen and oxygen atoms in total. The van der Waals surface area contributed by atoms with Crippen LogP contribution in [0.25, 0.3) is 0 Å². The van der Waals surface area contributed by atoms with Crippen LogP contribution in [0.4, 0.5) is 4.79 Å². The van der Waals surface area contributed by atoms with Gasteiger partial charge in [-0.05, 0) is 36.0 Å². The summed E-state index contributed by atoms with van der Waals surface area (Å²) in [5.41, 5.74) is 1.08. The molecule has 0 aromatic carbocycles. The van der Waals surface area contributed by atoms with E-state index in [0.29, 0.717) is 12.6 Å². The first-order valence-electron chi connectivity index (χ1n) is 7.76. The van der Waals surface area contributed by atoms with E-state index in [1.54, 1.807) is 12.4 Å². The van der Waals surface area contributed by atoms with E-state index in [2.05, 4.69) is 15.6 Å². The molecule has 1 aromatic rings. The first-order valence-corrected chi connectivity index (χ1v) is 7.76. The summed E-state index contributed by atoms with van der Waals surface area (Å²) in [6.07, 6.45) is 11.5. The van der Waals surface area contributed by atoms with Gasteiger partial charge in [-0.3, -0.25) is 4.98 Å². The maximum Gasteiger partial charge on any atom is 0.315 e. The Labute approximate surface area is 120 Å². The highest BCUT2D eigenvalue weighted by Crippen LogP contribution is 2.44. The number of hydrogen-bond donors (Lipinski definition) is 2. The largest absolute Gasteiger partial charge is 0.335 e. The van der Waals surface area contributed by atoms with Gasteiger partial charge in [-0.15, -0.1) is 0 Å². The summed E-state index contributed by atoms with van der Waals surface area (Å²) in [6, 6.07) is 4.21. The number of aromatic nitrogens is 1. The standard InChI is InChI=1S/C16H23N3O/c20-16(18-11-12-6-8-17-9-7-12)19-15-10-14(15)13-4-2-1-3-5-13/h6-9,13-15H,1-5,10-11H2,(H2,18,19,20)/t14-,15-/m0/s1. The number of amides is 2. The molecule has 0 radical (unpaired) electrons.